The Kier molecular flexibility index (Phi) is 4.44. The van der Waals surface area contributed by atoms with Crippen LogP contribution in [0, 0.1) is 28.6 Å². The molecule has 0 saturated heterocycles. The van der Waals surface area contributed by atoms with Crippen LogP contribution in [-0.2, 0) is 0 Å². The van der Waals surface area contributed by atoms with Crippen LogP contribution in [0.3, 0.4) is 0 Å². The lowest BCUT2D eigenvalue weighted by molar-refractivity contribution is 0.617. The maximum absolute atomic E-state index is 9.71. The summed E-state index contributed by atoms with van der Waals surface area (Å²) < 4.78 is 0. The van der Waals surface area contributed by atoms with E-state index in [1.807, 2.05) is 72.8 Å². The van der Waals surface area contributed by atoms with Gasteiger partial charge >= 0.3 is 0 Å². The number of anilines is 1. The molecule has 0 fully saturated rings. The Labute approximate surface area is 159 Å². The Morgan fingerprint density at radius 3 is 2.00 bits per heavy atom. The van der Waals surface area contributed by atoms with Gasteiger partial charge in [-0.15, -0.1) is 0 Å². The average Bonchev–Trinajstić information content (AvgIpc) is 2.75. The molecule has 0 aliphatic carbocycles. The second-order valence-electron chi connectivity index (χ2n) is 6.41. The van der Waals surface area contributed by atoms with Crippen molar-refractivity contribution in [1.82, 2.24) is 0 Å². The minimum absolute atomic E-state index is 0.376. The van der Waals surface area contributed by atoms with Gasteiger partial charge in [0.25, 0.3) is 0 Å². The summed E-state index contributed by atoms with van der Waals surface area (Å²) in [6.07, 6.45) is 2.14. The molecule has 0 aromatic heterocycles. The van der Waals surface area contributed by atoms with Gasteiger partial charge in [0.05, 0.1) is 18.2 Å². The Bertz CT molecular complexity index is 1040. The highest BCUT2D eigenvalue weighted by molar-refractivity contribution is 5.94. The molecule has 1 unspecified atom stereocenters. The zero-order chi connectivity index (χ0) is 18.6. The van der Waals surface area contributed by atoms with E-state index in [1.54, 1.807) is 0 Å². The lowest BCUT2D eigenvalue weighted by atomic mass is 9.85. The maximum atomic E-state index is 9.71. The highest BCUT2D eigenvalue weighted by Crippen LogP contribution is 2.44. The van der Waals surface area contributed by atoms with Gasteiger partial charge < -0.3 is 4.90 Å². The van der Waals surface area contributed by atoms with Crippen molar-refractivity contribution in [2.24, 2.45) is 5.92 Å². The van der Waals surface area contributed by atoms with E-state index in [1.165, 1.54) is 0 Å². The molecule has 1 aliphatic heterocycles. The SMILES string of the molecule is N#CC(C#N)C1c2ccccc2C=C(c2ccccc2)N1c1ccccc1. The number of hydrogen-bond donors (Lipinski definition) is 0. The van der Waals surface area contributed by atoms with E-state index in [0.29, 0.717) is 0 Å². The Morgan fingerprint density at radius 1 is 0.741 bits per heavy atom. The molecule has 4 rings (SSSR count). The Hall–Kier alpha value is -3.82. The number of rotatable bonds is 3. The average molecular weight is 347 g/mol. The van der Waals surface area contributed by atoms with Gasteiger partial charge in [-0.2, -0.15) is 10.5 Å². The van der Waals surface area contributed by atoms with Gasteiger partial charge in [-0.1, -0.05) is 72.8 Å². The Morgan fingerprint density at radius 2 is 1.33 bits per heavy atom. The van der Waals surface area contributed by atoms with Crippen LogP contribution in [0.1, 0.15) is 22.7 Å². The van der Waals surface area contributed by atoms with Crippen LogP contribution >= 0.6 is 0 Å². The van der Waals surface area contributed by atoms with Crippen LogP contribution in [0.15, 0.2) is 84.9 Å². The molecule has 128 valence electrons. The zero-order valence-corrected chi connectivity index (χ0v) is 14.7. The van der Waals surface area contributed by atoms with Crippen molar-refractivity contribution in [3.8, 4) is 12.1 Å². The van der Waals surface area contributed by atoms with E-state index in [2.05, 4.69) is 35.2 Å². The molecule has 3 heteroatoms. The van der Waals surface area contributed by atoms with Gasteiger partial charge in [0.2, 0.25) is 0 Å². The second-order valence-corrected chi connectivity index (χ2v) is 6.41. The van der Waals surface area contributed by atoms with E-state index in [0.717, 1.165) is 28.1 Å². The summed E-state index contributed by atoms with van der Waals surface area (Å²) in [6, 6.07) is 32.1. The first-order chi connectivity index (χ1) is 13.3. The molecule has 1 aliphatic rings. The molecule has 3 aromatic carbocycles. The highest BCUT2D eigenvalue weighted by atomic mass is 15.2. The predicted molar refractivity (Wildman–Crippen MR) is 107 cm³/mol. The fourth-order valence-electron chi connectivity index (χ4n) is 3.64. The summed E-state index contributed by atoms with van der Waals surface area (Å²) in [7, 11) is 0. The van der Waals surface area contributed by atoms with Crippen molar-refractivity contribution in [2.45, 2.75) is 6.04 Å². The van der Waals surface area contributed by atoms with Gasteiger partial charge in [0.15, 0.2) is 5.92 Å². The van der Waals surface area contributed by atoms with Crippen molar-refractivity contribution in [1.29, 1.82) is 10.5 Å². The molecule has 0 spiro atoms. The minimum atomic E-state index is -0.793. The molecule has 0 saturated carbocycles. The molecule has 1 atom stereocenters. The quantitative estimate of drug-likeness (QED) is 0.636. The summed E-state index contributed by atoms with van der Waals surface area (Å²) in [5.41, 5.74) is 5.04. The molecule has 27 heavy (non-hydrogen) atoms. The van der Waals surface area contributed by atoms with Crippen molar-refractivity contribution >= 4 is 17.5 Å². The van der Waals surface area contributed by atoms with Crippen molar-refractivity contribution in [3.63, 3.8) is 0 Å². The Balaban J connectivity index is 2.00. The minimum Gasteiger partial charge on any atom is -0.331 e. The smallest absolute Gasteiger partial charge is 0.158 e. The highest BCUT2D eigenvalue weighted by Gasteiger charge is 2.36. The monoisotopic (exact) mass is 347 g/mol. The molecule has 0 radical (unpaired) electrons. The third-order valence-electron chi connectivity index (χ3n) is 4.84. The van der Waals surface area contributed by atoms with Gasteiger partial charge in [0.1, 0.15) is 0 Å². The third kappa shape index (κ3) is 2.97. The number of para-hydroxylation sites is 1. The van der Waals surface area contributed by atoms with Crippen molar-refractivity contribution in [2.75, 3.05) is 4.90 Å². The maximum Gasteiger partial charge on any atom is 0.158 e. The van der Waals surface area contributed by atoms with E-state index in [4.69, 9.17) is 0 Å². The molecule has 3 aromatic rings. The van der Waals surface area contributed by atoms with Crippen molar-refractivity contribution in [3.05, 3.63) is 102 Å². The second kappa shape index (κ2) is 7.20. The third-order valence-corrected chi connectivity index (χ3v) is 4.84. The van der Waals surface area contributed by atoms with Crippen LogP contribution in [0.25, 0.3) is 11.8 Å². The first-order valence-corrected chi connectivity index (χ1v) is 8.83. The zero-order valence-electron chi connectivity index (χ0n) is 14.7. The first kappa shape index (κ1) is 16.6. The van der Waals surface area contributed by atoms with Gasteiger partial charge in [0, 0.05) is 11.4 Å². The van der Waals surface area contributed by atoms with Crippen LogP contribution in [-0.4, -0.2) is 0 Å². The van der Waals surface area contributed by atoms with Crippen LogP contribution in [0.5, 0.6) is 0 Å². The van der Waals surface area contributed by atoms with Crippen LogP contribution in [0.4, 0.5) is 5.69 Å². The molecule has 0 amide bonds. The van der Waals surface area contributed by atoms with Gasteiger partial charge in [-0.05, 0) is 34.9 Å². The molecule has 3 nitrogen and oxygen atoms in total. The lowest BCUT2D eigenvalue weighted by Crippen LogP contribution is -2.34. The van der Waals surface area contributed by atoms with Gasteiger partial charge in [-0.3, -0.25) is 0 Å². The van der Waals surface area contributed by atoms with E-state index in [-0.39, 0.29) is 6.04 Å². The number of nitrogens with zero attached hydrogens (tertiary/aromatic N) is 3. The largest absolute Gasteiger partial charge is 0.331 e. The molecular weight excluding hydrogens is 330 g/mol. The number of nitriles is 2. The van der Waals surface area contributed by atoms with Crippen LogP contribution in [0.2, 0.25) is 0 Å². The lowest BCUT2D eigenvalue weighted by Gasteiger charge is -2.40. The molecular formula is C24H17N3. The van der Waals surface area contributed by atoms with E-state index < -0.39 is 5.92 Å². The van der Waals surface area contributed by atoms with Gasteiger partial charge in [-0.25, -0.2) is 0 Å². The van der Waals surface area contributed by atoms with Crippen LogP contribution < -0.4 is 4.90 Å². The molecule has 1 heterocycles. The first-order valence-electron chi connectivity index (χ1n) is 8.83. The summed E-state index contributed by atoms with van der Waals surface area (Å²) in [5.74, 6) is -0.793. The van der Waals surface area contributed by atoms with E-state index >= 15 is 0 Å². The summed E-state index contributed by atoms with van der Waals surface area (Å²) >= 11 is 0. The summed E-state index contributed by atoms with van der Waals surface area (Å²) in [6.45, 7) is 0. The predicted octanol–water partition coefficient (Wildman–Crippen LogP) is 5.41. The topological polar surface area (TPSA) is 50.8 Å². The number of fused-ring (bicyclic) bond motifs is 1. The summed E-state index contributed by atoms with van der Waals surface area (Å²) in [5, 5.41) is 19.4. The fourth-order valence-corrected chi connectivity index (χ4v) is 3.64. The number of hydrogen-bond acceptors (Lipinski definition) is 3. The normalized spacial score (nSPS) is 15.4. The van der Waals surface area contributed by atoms with Crippen molar-refractivity contribution < 1.29 is 0 Å². The molecule has 0 bridgehead atoms. The summed E-state index contributed by atoms with van der Waals surface area (Å²) in [4.78, 5) is 2.12. The fraction of sp³-hybridized carbons (Fsp3) is 0.0833. The molecule has 0 N–H and O–H groups in total. The number of benzene rings is 3. The van der Waals surface area contributed by atoms with E-state index in [9.17, 15) is 10.5 Å². The standard InChI is InChI=1S/C24H17N3/c25-16-20(17-26)24-22-14-8-7-11-19(22)15-23(18-9-3-1-4-10-18)27(24)21-12-5-2-6-13-21/h1-15,20,24H.